The number of halogens is 3. The van der Waals surface area contributed by atoms with Crippen LogP contribution in [0.15, 0.2) is 53.5 Å². The van der Waals surface area contributed by atoms with E-state index in [0.29, 0.717) is 24.6 Å². The van der Waals surface area contributed by atoms with Crippen LogP contribution in [0.2, 0.25) is 0 Å². The third-order valence-electron chi connectivity index (χ3n) is 3.31. The Balaban J connectivity index is 2.01. The van der Waals surface area contributed by atoms with Crippen LogP contribution in [-0.4, -0.2) is 19.1 Å². The standard InChI is InChI=1S/C18H20F3N3O/c1-2-22-18(23-11-13-7-9-15(19)10-8-13)24-12-14-5-3-4-6-16(14)25-17(20)21/h3-10,17H,2,11-12H2,1H3,(H2,22,23,24). The van der Waals surface area contributed by atoms with Gasteiger partial charge in [0.15, 0.2) is 5.96 Å². The number of ether oxygens (including phenoxy) is 1. The Hall–Kier alpha value is -2.70. The number of para-hydroxylation sites is 1. The van der Waals surface area contributed by atoms with E-state index in [1.54, 1.807) is 30.3 Å². The Morgan fingerprint density at radius 3 is 2.48 bits per heavy atom. The third-order valence-corrected chi connectivity index (χ3v) is 3.31. The van der Waals surface area contributed by atoms with Gasteiger partial charge in [-0.1, -0.05) is 30.3 Å². The second-order valence-electron chi connectivity index (χ2n) is 5.16. The number of aliphatic imine (C=N–C) groups is 1. The van der Waals surface area contributed by atoms with E-state index in [-0.39, 0.29) is 18.1 Å². The quantitative estimate of drug-likeness (QED) is 0.591. The van der Waals surface area contributed by atoms with Crippen LogP contribution in [-0.2, 0) is 13.1 Å². The maximum absolute atomic E-state index is 12.9. The average molecular weight is 351 g/mol. The van der Waals surface area contributed by atoms with Gasteiger partial charge < -0.3 is 15.4 Å². The summed E-state index contributed by atoms with van der Waals surface area (Å²) < 4.78 is 42.3. The van der Waals surface area contributed by atoms with Crippen molar-refractivity contribution in [3.05, 3.63) is 65.5 Å². The van der Waals surface area contributed by atoms with Crippen molar-refractivity contribution in [1.82, 2.24) is 10.6 Å². The molecule has 0 spiro atoms. The van der Waals surface area contributed by atoms with Gasteiger partial charge in [-0.15, -0.1) is 0 Å². The molecule has 134 valence electrons. The maximum atomic E-state index is 12.9. The Labute approximate surface area is 144 Å². The van der Waals surface area contributed by atoms with Gasteiger partial charge in [0.25, 0.3) is 0 Å². The summed E-state index contributed by atoms with van der Waals surface area (Å²) in [5.41, 5.74) is 1.45. The van der Waals surface area contributed by atoms with Gasteiger partial charge in [0.1, 0.15) is 11.6 Å². The van der Waals surface area contributed by atoms with Gasteiger partial charge in [0.2, 0.25) is 0 Å². The molecule has 0 bridgehead atoms. The summed E-state index contributed by atoms with van der Waals surface area (Å²) in [6.07, 6.45) is 0. The van der Waals surface area contributed by atoms with Crippen LogP contribution in [0.3, 0.4) is 0 Å². The topological polar surface area (TPSA) is 45.7 Å². The molecule has 25 heavy (non-hydrogen) atoms. The fraction of sp³-hybridized carbons (Fsp3) is 0.278. The van der Waals surface area contributed by atoms with E-state index in [0.717, 1.165) is 5.56 Å². The molecule has 0 aliphatic carbocycles. The van der Waals surface area contributed by atoms with E-state index in [1.165, 1.54) is 18.2 Å². The number of nitrogens with one attached hydrogen (secondary N) is 2. The molecule has 0 aromatic heterocycles. The number of nitrogens with zero attached hydrogens (tertiary/aromatic N) is 1. The summed E-state index contributed by atoms with van der Waals surface area (Å²) >= 11 is 0. The van der Waals surface area contributed by atoms with E-state index >= 15 is 0 Å². The number of hydrogen-bond acceptors (Lipinski definition) is 2. The first kappa shape index (κ1) is 18.6. The van der Waals surface area contributed by atoms with Crippen molar-refractivity contribution >= 4 is 5.96 Å². The largest absolute Gasteiger partial charge is 0.434 e. The van der Waals surface area contributed by atoms with E-state index in [9.17, 15) is 13.2 Å². The van der Waals surface area contributed by atoms with Crippen LogP contribution in [0.4, 0.5) is 13.2 Å². The molecule has 0 saturated heterocycles. The Morgan fingerprint density at radius 1 is 1.08 bits per heavy atom. The summed E-state index contributed by atoms with van der Waals surface area (Å²) in [4.78, 5) is 4.40. The molecular formula is C18H20F3N3O. The highest BCUT2D eigenvalue weighted by molar-refractivity contribution is 5.79. The summed E-state index contributed by atoms with van der Waals surface area (Å²) in [6, 6.07) is 12.7. The van der Waals surface area contributed by atoms with Gasteiger partial charge in [-0.2, -0.15) is 8.78 Å². The highest BCUT2D eigenvalue weighted by atomic mass is 19.3. The van der Waals surface area contributed by atoms with Gasteiger partial charge in [-0.05, 0) is 30.7 Å². The second kappa shape index (κ2) is 9.56. The van der Waals surface area contributed by atoms with Crippen LogP contribution in [0, 0.1) is 5.82 Å². The number of hydrogen-bond donors (Lipinski definition) is 2. The van der Waals surface area contributed by atoms with Crippen molar-refractivity contribution in [2.75, 3.05) is 6.54 Å². The second-order valence-corrected chi connectivity index (χ2v) is 5.16. The monoisotopic (exact) mass is 351 g/mol. The lowest BCUT2D eigenvalue weighted by molar-refractivity contribution is -0.0504. The third kappa shape index (κ3) is 6.37. The fourth-order valence-corrected chi connectivity index (χ4v) is 2.14. The molecule has 0 unspecified atom stereocenters. The molecule has 7 heteroatoms. The van der Waals surface area contributed by atoms with Crippen LogP contribution < -0.4 is 15.4 Å². The minimum atomic E-state index is -2.87. The van der Waals surface area contributed by atoms with Crippen LogP contribution in [0.1, 0.15) is 18.1 Å². The molecule has 0 amide bonds. The van der Waals surface area contributed by atoms with Crippen molar-refractivity contribution in [3.8, 4) is 5.75 Å². The summed E-state index contributed by atoms with van der Waals surface area (Å²) in [5.74, 6) is 0.353. The Bertz CT molecular complexity index is 690. The molecular weight excluding hydrogens is 331 g/mol. The van der Waals surface area contributed by atoms with E-state index < -0.39 is 6.61 Å². The number of guanidine groups is 1. The fourth-order valence-electron chi connectivity index (χ4n) is 2.14. The molecule has 2 rings (SSSR count). The lowest BCUT2D eigenvalue weighted by Gasteiger charge is -2.14. The van der Waals surface area contributed by atoms with Crippen molar-refractivity contribution in [3.63, 3.8) is 0 Å². The molecule has 0 aliphatic heterocycles. The van der Waals surface area contributed by atoms with E-state index in [1.807, 2.05) is 6.92 Å². The number of rotatable bonds is 7. The Kier molecular flexibility index (Phi) is 7.13. The van der Waals surface area contributed by atoms with Gasteiger partial charge in [0.05, 0.1) is 6.54 Å². The summed E-state index contributed by atoms with van der Waals surface area (Å²) in [7, 11) is 0. The highest BCUT2D eigenvalue weighted by Gasteiger charge is 2.09. The van der Waals surface area contributed by atoms with Crippen LogP contribution >= 0.6 is 0 Å². The molecule has 0 fully saturated rings. The van der Waals surface area contributed by atoms with E-state index in [4.69, 9.17) is 0 Å². The predicted octanol–water partition coefficient (Wildman–Crippen LogP) is 3.68. The molecule has 2 aromatic rings. The van der Waals surface area contributed by atoms with Crippen LogP contribution in [0.5, 0.6) is 5.75 Å². The molecule has 0 atom stereocenters. The molecule has 0 saturated carbocycles. The van der Waals surface area contributed by atoms with Crippen molar-refractivity contribution in [2.45, 2.75) is 26.6 Å². The van der Waals surface area contributed by atoms with Crippen molar-refractivity contribution < 1.29 is 17.9 Å². The minimum Gasteiger partial charge on any atom is -0.434 e. The lowest BCUT2D eigenvalue weighted by atomic mass is 10.2. The molecule has 0 aliphatic rings. The first-order valence-corrected chi connectivity index (χ1v) is 7.88. The molecule has 4 nitrogen and oxygen atoms in total. The maximum Gasteiger partial charge on any atom is 0.387 e. The smallest absolute Gasteiger partial charge is 0.387 e. The first-order chi connectivity index (χ1) is 12.1. The zero-order chi connectivity index (χ0) is 18.1. The van der Waals surface area contributed by atoms with Gasteiger partial charge >= 0.3 is 6.61 Å². The van der Waals surface area contributed by atoms with Gasteiger partial charge in [-0.3, -0.25) is 0 Å². The molecule has 2 N–H and O–H groups in total. The predicted molar refractivity (Wildman–Crippen MR) is 91.1 cm³/mol. The molecule has 0 radical (unpaired) electrons. The van der Waals surface area contributed by atoms with Gasteiger partial charge in [0, 0.05) is 18.7 Å². The van der Waals surface area contributed by atoms with E-state index in [2.05, 4.69) is 20.4 Å². The van der Waals surface area contributed by atoms with Crippen LogP contribution in [0.25, 0.3) is 0 Å². The van der Waals surface area contributed by atoms with Gasteiger partial charge in [-0.25, -0.2) is 9.38 Å². The minimum absolute atomic E-state index is 0.124. The van der Waals surface area contributed by atoms with Crippen molar-refractivity contribution in [2.24, 2.45) is 4.99 Å². The molecule has 2 aromatic carbocycles. The molecule has 0 heterocycles. The zero-order valence-electron chi connectivity index (χ0n) is 13.8. The highest BCUT2D eigenvalue weighted by Crippen LogP contribution is 2.19. The number of alkyl halides is 2. The summed E-state index contributed by atoms with van der Waals surface area (Å²) in [5, 5.41) is 6.14. The van der Waals surface area contributed by atoms with Crippen molar-refractivity contribution in [1.29, 1.82) is 0 Å². The SMILES string of the molecule is CCNC(=NCc1ccc(F)cc1)NCc1ccccc1OC(F)F. The zero-order valence-corrected chi connectivity index (χ0v) is 13.8. The normalized spacial score (nSPS) is 11.5. The number of benzene rings is 2. The average Bonchev–Trinajstić information content (AvgIpc) is 2.59. The summed E-state index contributed by atoms with van der Waals surface area (Å²) in [6.45, 7) is 0.331. The first-order valence-electron chi connectivity index (χ1n) is 7.88. The Morgan fingerprint density at radius 2 is 1.80 bits per heavy atom. The lowest BCUT2D eigenvalue weighted by Crippen LogP contribution is -2.36.